The van der Waals surface area contributed by atoms with Crippen LogP contribution in [0.5, 0.6) is 0 Å². The van der Waals surface area contributed by atoms with E-state index in [1.54, 1.807) is 0 Å². The number of fused-ring (bicyclic) bond motifs is 6. The Morgan fingerprint density at radius 1 is 0.270 bits per heavy atom. The van der Waals surface area contributed by atoms with Gasteiger partial charge in [-0.1, -0.05) is 218 Å². The Kier molecular flexibility index (Phi) is 8.87. The van der Waals surface area contributed by atoms with E-state index >= 15 is 0 Å². The molecule has 296 valence electrons. The molecule has 0 saturated carbocycles. The van der Waals surface area contributed by atoms with E-state index in [0.717, 1.165) is 11.4 Å². The average molecular weight is 819 g/mol. The second-order valence-electron chi connectivity index (χ2n) is 16.4. The average Bonchev–Trinajstić information content (AvgIpc) is 3.88. The van der Waals surface area contributed by atoms with E-state index in [1.807, 2.05) is 0 Å². The van der Waals surface area contributed by atoms with E-state index in [9.17, 15) is 0 Å². The van der Waals surface area contributed by atoms with Crippen molar-refractivity contribution < 1.29 is 0 Å². The largest absolute Gasteiger partial charge is 0.309 e. The Hall–Kier alpha value is -7.98. The minimum atomic E-state index is -3.13. The smallest absolute Gasteiger partial charge is 0.182 e. The van der Waals surface area contributed by atoms with Crippen LogP contribution in [0.25, 0.3) is 77.2 Å². The summed E-state index contributed by atoms with van der Waals surface area (Å²) in [7, 11) is -3.13. The van der Waals surface area contributed by atoms with Crippen molar-refractivity contribution in [1.29, 1.82) is 0 Å². The Labute approximate surface area is 368 Å². The third-order valence-electron chi connectivity index (χ3n) is 13.0. The van der Waals surface area contributed by atoms with Crippen LogP contribution in [0.3, 0.4) is 0 Å². The maximum atomic E-state index is 2.59. The summed E-state index contributed by atoms with van der Waals surface area (Å²) in [5, 5.41) is 10.4. The number of hydrogen-bond acceptors (Lipinski definition) is 0. The first-order chi connectivity index (χ1) is 31.3. The molecule has 2 aromatic heterocycles. The van der Waals surface area contributed by atoms with Crippen molar-refractivity contribution in [3.8, 4) is 33.6 Å². The second-order valence-corrected chi connectivity index (χ2v) is 20.2. The number of rotatable bonds is 8. The van der Waals surface area contributed by atoms with Gasteiger partial charge in [-0.2, -0.15) is 0 Å². The molecule has 2 nitrogen and oxygen atoms in total. The van der Waals surface area contributed by atoms with E-state index in [1.165, 1.54) is 86.6 Å². The number of hydrogen-bond donors (Lipinski definition) is 0. The molecule has 63 heavy (non-hydrogen) atoms. The molecule has 10 aromatic carbocycles. The zero-order chi connectivity index (χ0) is 41.7. The van der Waals surface area contributed by atoms with E-state index in [-0.39, 0.29) is 0 Å². The number of nitrogens with zero attached hydrogens (tertiary/aromatic N) is 2. The SMILES string of the molecule is c1ccc(-c2cccc(-n3c4ccccc4c4ccc(-n5c6ccccc6c6ccc(-c7ccccc7)c([Si](c7ccccc7)(c7ccccc7)c7ccccc7)c65)cc43)c2)cc1. The number of para-hydroxylation sites is 2. The maximum absolute atomic E-state index is 3.13. The van der Waals surface area contributed by atoms with Crippen molar-refractivity contribution in [3.63, 3.8) is 0 Å². The Morgan fingerprint density at radius 3 is 1.32 bits per heavy atom. The highest BCUT2D eigenvalue weighted by atomic mass is 28.3. The summed E-state index contributed by atoms with van der Waals surface area (Å²) in [6.07, 6.45) is 0. The van der Waals surface area contributed by atoms with Gasteiger partial charge in [0.05, 0.1) is 22.1 Å². The predicted molar refractivity (Wildman–Crippen MR) is 270 cm³/mol. The zero-order valence-corrected chi connectivity index (χ0v) is 35.6. The van der Waals surface area contributed by atoms with Gasteiger partial charge in [-0.05, 0) is 79.4 Å². The summed E-state index contributed by atoms with van der Waals surface area (Å²) in [5.74, 6) is 0. The van der Waals surface area contributed by atoms with E-state index in [2.05, 4.69) is 264 Å². The molecule has 0 fully saturated rings. The van der Waals surface area contributed by atoms with Gasteiger partial charge >= 0.3 is 0 Å². The maximum Gasteiger partial charge on any atom is 0.182 e. The van der Waals surface area contributed by atoms with Crippen LogP contribution >= 0.6 is 0 Å². The van der Waals surface area contributed by atoms with Gasteiger partial charge in [0.2, 0.25) is 0 Å². The molecule has 2 heterocycles. The molecular weight excluding hydrogens is 777 g/mol. The molecular formula is C60H42N2Si. The fourth-order valence-electron chi connectivity index (χ4n) is 10.4. The highest BCUT2D eigenvalue weighted by Gasteiger charge is 2.45. The molecule has 0 bridgehead atoms. The normalized spacial score (nSPS) is 11.8. The Morgan fingerprint density at radius 2 is 0.714 bits per heavy atom. The lowest BCUT2D eigenvalue weighted by Crippen LogP contribution is -2.75. The first kappa shape index (κ1) is 36.8. The molecule has 0 N–H and O–H groups in total. The lowest BCUT2D eigenvalue weighted by Gasteiger charge is -2.37. The highest BCUT2D eigenvalue weighted by molar-refractivity contribution is 7.21. The minimum absolute atomic E-state index is 1.13. The van der Waals surface area contributed by atoms with Crippen LogP contribution in [0.4, 0.5) is 0 Å². The van der Waals surface area contributed by atoms with Gasteiger partial charge < -0.3 is 9.13 Å². The predicted octanol–water partition coefficient (Wildman–Crippen LogP) is 12.6. The Bertz CT molecular complexity index is 3500. The summed E-state index contributed by atoms with van der Waals surface area (Å²) >= 11 is 0. The van der Waals surface area contributed by atoms with E-state index in [4.69, 9.17) is 0 Å². The molecule has 0 radical (unpaired) electrons. The number of aromatic nitrogens is 2. The van der Waals surface area contributed by atoms with E-state index in [0.29, 0.717) is 0 Å². The van der Waals surface area contributed by atoms with Crippen LogP contribution in [-0.2, 0) is 0 Å². The lowest BCUT2D eigenvalue weighted by molar-refractivity contribution is 1.16. The Balaban J connectivity index is 1.25. The molecule has 12 aromatic rings. The lowest BCUT2D eigenvalue weighted by atomic mass is 10.0. The van der Waals surface area contributed by atoms with Crippen molar-refractivity contribution in [1.82, 2.24) is 9.13 Å². The van der Waals surface area contributed by atoms with Gasteiger partial charge in [0, 0.05) is 32.9 Å². The van der Waals surface area contributed by atoms with Gasteiger partial charge in [-0.25, -0.2) is 0 Å². The van der Waals surface area contributed by atoms with Crippen molar-refractivity contribution in [3.05, 3.63) is 255 Å². The molecule has 0 unspecified atom stereocenters. The zero-order valence-electron chi connectivity index (χ0n) is 34.6. The molecule has 12 rings (SSSR count). The standard InChI is InChI=1S/C60H42N2Si/c1-6-21-43(22-7-1)45-25-20-26-46(41-45)61-56-35-18-16-33-52(56)54-38-37-47(42-58(54)61)62-57-36-19-17-34-53(57)55-40-39-51(44-23-8-2-9-24-44)60(59(55)62)63(48-27-10-3-11-28-48,49-29-12-4-13-30-49)50-31-14-5-15-32-50/h1-42H. The topological polar surface area (TPSA) is 9.86 Å². The quantitative estimate of drug-likeness (QED) is 0.107. The highest BCUT2D eigenvalue weighted by Crippen LogP contribution is 2.39. The van der Waals surface area contributed by atoms with Gasteiger partial charge in [0.1, 0.15) is 0 Å². The first-order valence-corrected chi connectivity index (χ1v) is 23.8. The second kappa shape index (κ2) is 15.2. The molecule has 0 aliphatic heterocycles. The van der Waals surface area contributed by atoms with Gasteiger partial charge in [-0.15, -0.1) is 0 Å². The molecule has 0 saturated heterocycles. The van der Waals surface area contributed by atoms with Gasteiger partial charge in [0.15, 0.2) is 8.07 Å². The van der Waals surface area contributed by atoms with Gasteiger partial charge in [0.25, 0.3) is 0 Å². The van der Waals surface area contributed by atoms with Crippen molar-refractivity contribution in [2.45, 2.75) is 0 Å². The number of benzene rings is 10. The van der Waals surface area contributed by atoms with Crippen LogP contribution in [-0.4, -0.2) is 17.2 Å². The van der Waals surface area contributed by atoms with Crippen LogP contribution < -0.4 is 20.7 Å². The molecule has 0 aliphatic carbocycles. The van der Waals surface area contributed by atoms with Crippen molar-refractivity contribution in [2.75, 3.05) is 0 Å². The fourth-order valence-corrected chi connectivity index (χ4v) is 15.6. The molecule has 0 spiro atoms. The first-order valence-electron chi connectivity index (χ1n) is 21.8. The minimum Gasteiger partial charge on any atom is -0.309 e. The summed E-state index contributed by atoms with van der Waals surface area (Å²) in [5.41, 5.74) is 11.9. The van der Waals surface area contributed by atoms with Gasteiger partial charge in [-0.3, -0.25) is 0 Å². The fraction of sp³-hybridized carbons (Fsp3) is 0. The molecule has 0 amide bonds. The third kappa shape index (κ3) is 5.85. The summed E-state index contributed by atoms with van der Waals surface area (Å²) in [4.78, 5) is 0. The van der Waals surface area contributed by atoms with Crippen LogP contribution in [0, 0.1) is 0 Å². The summed E-state index contributed by atoms with van der Waals surface area (Å²) < 4.78 is 5.05. The summed E-state index contributed by atoms with van der Waals surface area (Å²) in [6, 6.07) is 94.5. The molecule has 0 aliphatic rings. The molecule has 3 heteroatoms. The molecule has 0 atom stereocenters. The van der Waals surface area contributed by atoms with Crippen molar-refractivity contribution >= 4 is 72.4 Å². The third-order valence-corrected chi connectivity index (χ3v) is 17.9. The van der Waals surface area contributed by atoms with Crippen LogP contribution in [0.1, 0.15) is 0 Å². The monoisotopic (exact) mass is 818 g/mol. The van der Waals surface area contributed by atoms with Crippen LogP contribution in [0.2, 0.25) is 0 Å². The summed E-state index contributed by atoms with van der Waals surface area (Å²) in [6.45, 7) is 0. The van der Waals surface area contributed by atoms with Crippen LogP contribution in [0.15, 0.2) is 255 Å². The van der Waals surface area contributed by atoms with Crippen molar-refractivity contribution in [2.24, 2.45) is 0 Å². The van der Waals surface area contributed by atoms with E-state index < -0.39 is 8.07 Å².